The molecule has 0 fully saturated rings. The minimum absolute atomic E-state index is 0. The van der Waals surface area contributed by atoms with Crippen molar-refractivity contribution in [1.82, 2.24) is 49.9 Å². The van der Waals surface area contributed by atoms with Crippen LogP contribution in [0.4, 0.5) is 26.3 Å². The molecule has 0 N–H and O–H groups in total. The van der Waals surface area contributed by atoms with Crippen LogP contribution in [0.1, 0.15) is 50.9 Å². The number of benzene rings is 2. The van der Waals surface area contributed by atoms with Crippen molar-refractivity contribution in [2.45, 2.75) is 64.7 Å². The molecule has 22 heteroatoms. The summed E-state index contributed by atoms with van der Waals surface area (Å²) < 4.78 is 66.5. The zero-order valence-corrected chi connectivity index (χ0v) is 31.1. The van der Waals surface area contributed by atoms with Crippen molar-refractivity contribution in [3.05, 3.63) is 84.7 Å². The third kappa shape index (κ3) is 15.4. The van der Waals surface area contributed by atoms with Crippen molar-refractivity contribution < 1.29 is 90.9 Å². The van der Waals surface area contributed by atoms with Gasteiger partial charge in [0.25, 0.3) is 0 Å². The van der Waals surface area contributed by atoms with Gasteiger partial charge in [-0.3, -0.25) is 9.97 Å². The monoisotopic (exact) mass is 946 g/mol. The minimum Gasteiger partial charge on any atom is -0.542 e. The summed E-state index contributed by atoms with van der Waals surface area (Å²) in [6, 6.07) is 15.6. The van der Waals surface area contributed by atoms with E-state index in [9.17, 15) is 26.3 Å². The third-order valence-electron chi connectivity index (χ3n) is 6.46. The molecule has 0 unspecified atom stereocenters. The summed E-state index contributed by atoms with van der Waals surface area (Å²) in [6.45, 7) is 4.33. The smallest absolute Gasteiger partial charge is 0.542 e. The number of rotatable bonds is 8. The van der Waals surface area contributed by atoms with Crippen LogP contribution in [0.15, 0.2) is 73.3 Å². The molecule has 6 rings (SSSR count). The van der Waals surface area contributed by atoms with Crippen LogP contribution in [0.3, 0.4) is 0 Å². The summed E-state index contributed by atoms with van der Waals surface area (Å²) in [5.41, 5.74) is 5.50. The molecule has 0 bridgehead atoms. The van der Waals surface area contributed by atoms with Crippen molar-refractivity contribution in [2.75, 3.05) is 0 Å². The van der Waals surface area contributed by atoms with Crippen molar-refractivity contribution in [3.63, 3.8) is 0 Å². The Morgan fingerprint density at radius 1 is 0.611 bits per heavy atom. The van der Waals surface area contributed by atoms with Gasteiger partial charge in [-0.25, -0.2) is 19.3 Å². The van der Waals surface area contributed by atoms with Gasteiger partial charge in [-0.05, 0) is 49.9 Å². The number of alkyl halides is 6. The second-order valence-corrected chi connectivity index (χ2v) is 10.5. The zero-order valence-electron chi connectivity index (χ0n) is 28.1. The number of aryl methyl sites for hydroxylation is 2. The van der Waals surface area contributed by atoms with Gasteiger partial charge in [0.1, 0.15) is 11.9 Å². The molecule has 0 amide bonds. The van der Waals surface area contributed by atoms with Crippen LogP contribution in [0.25, 0.3) is 33.7 Å². The number of para-hydroxylation sites is 4. The average Bonchev–Trinajstić information content (AvgIpc) is 3.80. The molecule has 4 aromatic heterocycles. The number of aromatic nitrogens is 10. The standard InChI is InChI=1S/2C14H15N5.2C2HF3O2.2Ag/c2*1-2-3-6-11-10-19(18-17-11)14-9-15-12-7-4-5-8-13(12)16-14;2*3-2(4,5)1(6)7;;/h2*4-5,7-10H,2-3,6H2,1H3;2*(H,6,7);;/q;;;;2*+1/p-2. The SMILES string of the molecule is CCCCc1cn(-c2cnc3ccccc3n2)nn1.CCCCc1cn(-c2cnc3ccccc3n2)nn1.O=C([O-])C(F)(F)F.O=C([O-])C(F)(F)F.[Ag+].[Ag+]. The number of fused-ring (bicyclic) bond motifs is 2. The van der Waals surface area contributed by atoms with Crippen molar-refractivity contribution >= 4 is 34.0 Å². The topological polar surface area (TPSA) is 193 Å². The van der Waals surface area contributed by atoms with E-state index in [1.807, 2.05) is 60.9 Å². The molecule has 0 spiro atoms. The maximum atomic E-state index is 10.5. The van der Waals surface area contributed by atoms with E-state index in [2.05, 4.69) is 54.4 Å². The molecular formula is C32H30Ag2F6N10O4. The number of carboxylic acid groups (broad SMARTS) is 2. The fourth-order valence-corrected chi connectivity index (χ4v) is 3.88. The van der Waals surface area contributed by atoms with E-state index in [4.69, 9.17) is 19.8 Å². The van der Waals surface area contributed by atoms with E-state index in [1.165, 1.54) is 0 Å². The summed E-state index contributed by atoms with van der Waals surface area (Å²) in [4.78, 5) is 35.4. The molecule has 0 aliphatic heterocycles. The number of aliphatic carboxylic acids is 2. The molecule has 0 aliphatic carbocycles. The first kappa shape index (κ1) is 47.4. The van der Waals surface area contributed by atoms with Crippen LogP contribution >= 0.6 is 0 Å². The van der Waals surface area contributed by atoms with Crippen molar-refractivity contribution in [2.24, 2.45) is 0 Å². The summed E-state index contributed by atoms with van der Waals surface area (Å²) in [5.74, 6) is -4.61. The fourth-order valence-electron chi connectivity index (χ4n) is 3.88. The summed E-state index contributed by atoms with van der Waals surface area (Å²) in [7, 11) is 0. The molecule has 14 nitrogen and oxygen atoms in total. The molecule has 2 aromatic carbocycles. The Hall–Kier alpha value is -4.60. The second-order valence-electron chi connectivity index (χ2n) is 10.5. The van der Waals surface area contributed by atoms with E-state index in [0.717, 1.165) is 72.0 Å². The Bertz CT molecular complexity index is 1920. The van der Waals surface area contributed by atoms with Crippen molar-refractivity contribution in [3.8, 4) is 11.6 Å². The van der Waals surface area contributed by atoms with Gasteiger partial charge >= 0.3 is 57.1 Å². The number of nitrogens with zero attached hydrogens (tertiary/aromatic N) is 10. The van der Waals surface area contributed by atoms with E-state index in [0.29, 0.717) is 11.6 Å². The van der Waals surface area contributed by atoms with Gasteiger partial charge in [0.15, 0.2) is 11.6 Å². The molecule has 0 saturated heterocycles. The molecule has 4 heterocycles. The number of hydrogen-bond acceptors (Lipinski definition) is 12. The third-order valence-corrected chi connectivity index (χ3v) is 6.46. The quantitative estimate of drug-likeness (QED) is 0.159. The number of hydrogen-bond donors (Lipinski definition) is 0. The molecule has 0 aliphatic rings. The number of carboxylic acids is 2. The molecule has 0 atom stereocenters. The Balaban J connectivity index is 0.000000393. The minimum atomic E-state index is -5.19. The summed E-state index contributed by atoms with van der Waals surface area (Å²) >= 11 is 0. The first-order chi connectivity index (χ1) is 24.6. The molecule has 54 heavy (non-hydrogen) atoms. The van der Waals surface area contributed by atoms with Gasteiger partial charge in [0.2, 0.25) is 0 Å². The van der Waals surface area contributed by atoms with E-state index in [1.54, 1.807) is 21.8 Å². The van der Waals surface area contributed by atoms with Gasteiger partial charge < -0.3 is 19.8 Å². The number of carbonyl (C=O) groups excluding carboxylic acids is 2. The maximum absolute atomic E-state index is 10.5. The number of unbranched alkanes of at least 4 members (excludes halogenated alkanes) is 2. The van der Waals surface area contributed by atoms with Crippen LogP contribution in [-0.4, -0.2) is 74.2 Å². The van der Waals surface area contributed by atoms with Crippen LogP contribution < -0.4 is 10.2 Å². The predicted octanol–water partition coefficient (Wildman–Crippen LogP) is 3.70. The molecule has 6 aromatic rings. The second kappa shape index (κ2) is 22.6. The van der Waals surface area contributed by atoms with Crippen LogP contribution in [0.2, 0.25) is 0 Å². The van der Waals surface area contributed by atoms with Crippen molar-refractivity contribution in [1.29, 1.82) is 0 Å². The Labute approximate surface area is 334 Å². The van der Waals surface area contributed by atoms with Gasteiger partial charge in [-0.15, -0.1) is 10.2 Å². The Morgan fingerprint density at radius 2 is 0.926 bits per heavy atom. The molecular weight excluding hydrogens is 918 g/mol. The zero-order chi connectivity index (χ0) is 38.3. The summed E-state index contributed by atoms with van der Waals surface area (Å²) in [6.07, 6.45) is 3.38. The van der Waals surface area contributed by atoms with Gasteiger partial charge in [-0.2, -0.15) is 26.3 Å². The van der Waals surface area contributed by atoms with Gasteiger partial charge in [0.05, 0.1) is 58.2 Å². The Morgan fingerprint density at radius 3 is 1.22 bits per heavy atom. The van der Waals surface area contributed by atoms with E-state index >= 15 is 0 Å². The normalized spacial score (nSPS) is 10.7. The first-order valence-electron chi connectivity index (χ1n) is 15.4. The van der Waals surface area contributed by atoms with Gasteiger partial charge in [0, 0.05) is 0 Å². The molecule has 0 radical (unpaired) electrons. The molecule has 296 valence electrons. The molecule has 0 saturated carbocycles. The maximum Gasteiger partial charge on any atom is 1.00 e. The van der Waals surface area contributed by atoms with Crippen LogP contribution in [0.5, 0.6) is 0 Å². The fraction of sp³-hybridized carbons (Fsp3) is 0.312. The summed E-state index contributed by atoms with van der Waals surface area (Å²) in [5, 5.41) is 34.1. The first-order valence-corrected chi connectivity index (χ1v) is 15.4. The van der Waals surface area contributed by atoms with Crippen LogP contribution in [-0.2, 0) is 67.2 Å². The number of halogens is 6. The van der Waals surface area contributed by atoms with E-state index in [-0.39, 0.29) is 44.8 Å². The van der Waals surface area contributed by atoms with Crippen LogP contribution in [0, 0.1) is 0 Å². The van der Waals surface area contributed by atoms with Gasteiger partial charge in [-0.1, -0.05) is 61.4 Å². The largest absolute Gasteiger partial charge is 1.00 e. The van der Waals surface area contributed by atoms with E-state index < -0.39 is 24.3 Å². The average molecular weight is 948 g/mol. The number of carbonyl (C=O) groups is 2. The predicted molar refractivity (Wildman–Crippen MR) is 168 cm³/mol. The Kier molecular flexibility index (Phi) is 19.8.